The van der Waals surface area contributed by atoms with Crippen LogP contribution in [-0.2, 0) is 0 Å². The molecule has 8 heteroatoms. The topological polar surface area (TPSA) is 103 Å². The highest BCUT2D eigenvalue weighted by atomic mass is 16.7. The first-order valence-electron chi connectivity index (χ1n) is 6.61. The molecule has 0 saturated carbocycles. The minimum atomic E-state index is -0.563. The van der Waals surface area contributed by atoms with Crippen LogP contribution in [0.1, 0.15) is 15.9 Å². The van der Waals surface area contributed by atoms with E-state index in [9.17, 15) is 14.9 Å². The van der Waals surface area contributed by atoms with Crippen molar-refractivity contribution in [3.05, 3.63) is 63.7 Å². The molecule has 0 unspecified atom stereocenters. The number of carbonyl (C=O) groups excluding carboxylic acids is 1. The SMILES string of the molecule is O=C(NN=Cc1ccc2c(c1)OCO2)c1cccc([N+](=O)[O-])c1. The first-order chi connectivity index (χ1) is 11.1. The molecule has 23 heavy (non-hydrogen) atoms. The van der Waals surface area contributed by atoms with Gasteiger partial charge in [0, 0.05) is 17.7 Å². The van der Waals surface area contributed by atoms with E-state index in [1.54, 1.807) is 18.2 Å². The fraction of sp³-hybridized carbons (Fsp3) is 0.0667. The predicted molar refractivity (Wildman–Crippen MR) is 80.7 cm³/mol. The summed E-state index contributed by atoms with van der Waals surface area (Å²) in [4.78, 5) is 22.0. The molecule has 0 bridgehead atoms. The lowest BCUT2D eigenvalue weighted by atomic mass is 10.2. The molecule has 0 saturated heterocycles. The maximum Gasteiger partial charge on any atom is 0.271 e. The molecule has 2 aromatic rings. The highest BCUT2D eigenvalue weighted by Gasteiger charge is 2.13. The summed E-state index contributed by atoms with van der Waals surface area (Å²) in [5.41, 5.74) is 3.03. The number of nitro benzene ring substituents is 1. The second kappa shape index (κ2) is 6.14. The zero-order chi connectivity index (χ0) is 16.2. The first-order valence-corrected chi connectivity index (χ1v) is 6.61. The summed E-state index contributed by atoms with van der Waals surface area (Å²) in [6, 6.07) is 10.6. The number of benzene rings is 2. The summed E-state index contributed by atoms with van der Waals surface area (Å²) in [5.74, 6) is 0.729. The zero-order valence-corrected chi connectivity index (χ0v) is 11.8. The van der Waals surface area contributed by atoms with Crippen molar-refractivity contribution in [2.75, 3.05) is 6.79 Å². The Kier molecular flexibility index (Phi) is 3.88. The maximum atomic E-state index is 11.9. The second-order valence-corrected chi connectivity index (χ2v) is 4.62. The van der Waals surface area contributed by atoms with Crippen molar-refractivity contribution in [2.24, 2.45) is 5.10 Å². The molecule has 0 fully saturated rings. The Labute approximate surface area is 130 Å². The van der Waals surface area contributed by atoms with E-state index < -0.39 is 10.8 Å². The van der Waals surface area contributed by atoms with E-state index in [-0.39, 0.29) is 18.0 Å². The lowest BCUT2D eigenvalue weighted by Gasteiger charge is -2.00. The molecule has 0 atom stereocenters. The number of rotatable bonds is 4. The number of nitrogens with zero attached hydrogens (tertiary/aromatic N) is 2. The van der Waals surface area contributed by atoms with Crippen molar-refractivity contribution in [3.63, 3.8) is 0 Å². The summed E-state index contributed by atoms with van der Waals surface area (Å²) in [6.45, 7) is 0.180. The van der Waals surface area contributed by atoms with Crippen LogP contribution in [0.3, 0.4) is 0 Å². The third kappa shape index (κ3) is 3.26. The second-order valence-electron chi connectivity index (χ2n) is 4.62. The van der Waals surface area contributed by atoms with Gasteiger partial charge in [-0.3, -0.25) is 14.9 Å². The van der Waals surface area contributed by atoms with Gasteiger partial charge in [-0.05, 0) is 29.8 Å². The summed E-state index contributed by atoms with van der Waals surface area (Å²) in [5, 5.41) is 14.5. The predicted octanol–water partition coefficient (Wildman–Crippen LogP) is 2.09. The van der Waals surface area contributed by atoms with Gasteiger partial charge in [-0.1, -0.05) is 6.07 Å². The van der Waals surface area contributed by atoms with Crippen LogP contribution in [0.2, 0.25) is 0 Å². The average molecular weight is 313 g/mol. The highest BCUT2D eigenvalue weighted by molar-refractivity contribution is 5.95. The Morgan fingerprint density at radius 1 is 1.22 bits per heavy atom. The third-order valence-electron chi connectivity index (χ3n) is 3.10. The number of nitrogens with one attached hydrogen (secondary N) is 1. The van der Waals surface area contributed by atoms with Gasteiger partial charge in [0.15, 0.2) is 11.5 Å². The summed E-state index contributed by atoms with van der Waals surface area (Å²) in [6.07, 6.45) is 1.44. The monoisotopic (exact) mass is 313 g/mol. The van der Waals surface area contributed by atoms with Crippen molar-refractivity contribution in [3.8, 4) is 11.5 Å². The zero-order valence-electron chi connectivity index (χ0n) is 11.8. The molecule has 1 aliphatic rings. The van der Waals surface area contributed by atoms with E-state index in [1.165, 1.54) is 30.5 Å². The third-order valence-corrected chi connectivity index (χ3v) is 3.10. The molecule has 116 valence electrons. The average Bonchev–Trinajstić information content (AvgIpc) is 3.02. The smallest absolute Gasteiger partial charge is 0.271 e. The lowest BCUT2D eigenvalue weighted by molar-refractivity contribution is -0.384. The Hall–Kier alpha value is -3.42. The van der Waals surface area contributed by atoms with E-state index in [1.807, 2.05) is 0 Å². The van der Waals surface area contributed by atoms with Crippen LogP contribution in [0.15, 0.2) is 47.6 Å². The Morgan fingerprint density at radius 3 is 2.87 bits per heavy atom. The van der Waals surface area contributed by atoms with Gasteiger partial charge in [0.1, 0.15) is 0 Å². The van der Waals surface area contributed by atoms with Crippen LogP contribution in [-0.4, -0.2) is 23.8 Å². The van der Waals surface area contributed by atoms with E-state index >= 15 is 0 Å². The summed E-state index contributed by atoms with van der Waals surface area (Å²) >= 11 is 0. The molecule has 0 spiro atoms. The van der Waals surface area contributed by atoms with Crippen LogP contribution in [0, 0.1) is 10.1 Å². The largest absolute Gasteiger partial charge is 0.454 e. The van der Waals surface area contributed by atoms with E-state index in [0.717, 1.165) is 0 Å². The van der Waals surface area contributed by atoms with Crippen molar-refractivity contribution in [2.45, 2.75) is 0 Å². The number of non-ortho nitro benzene ring substituents is 1. The quantitative estimate of drug-likeness (QED) is 0.529. The number of hydrazone groups is 1. The van der Waals surface area contributed by atoms with Gasteiger partial charge in [-0.25, -0.2) is 5.43 Å². The molecule has 8 nitrogen and oxygen atoms in total. The molecule has 2 aromatic carbocycles. The Bertz CT molecular complexity index is 803. The molecule has 0 aromatic heterocycles. The van der Waals surface area contributed by atoms with Crippen molar-refractivity contribution in [1.29, 1.82) is 0 Å². The minimum absolute atomic E-state index is 0.155. The fourth-order valence-electron chi connectivity index (χ4n) is 1.98. The summed E-state index contributed by atoms with van der Waals surface area (Å²) in [7, 11) is 0. The van der Waals surface area contributed by atoms with E-state index in [0.29, 0.717) is 17.1 Å². The number of fused-ring (bicyclic) bond motifs is 1. The maximum absolute atomic E-state index is 11.9. The first kappa shape index (κ1) is 14.5. The number of hydrogen-bond acceptors (Lipinski definition) is 6. The Balaban J connectivity index is 1.67. The molecule has 0 radical (unpaired) electrons. The molecular weight excluding hydrogens is 302 g/mol. The van der Waals surface area contributed by atoms with Crippen molar-refractivity contribution in [1.82, 2.24) is 5.43 Å². The normalized spacial score (nSPS) is 12.3. The molecule has 1 amide bonds. The van der Waals surface area contributed by atoms with Gasteiger partial charge >= 0.3 is 0 Å². The van der Waals surface area contributed by atoms with Gasteiger partial charge in [-0.15, -0.1) is 0 Å². The number of ether oxygens (including phenoxy) is 2. The number of carbonyl (C=O) groups is 1. The molecule has 3 rings (SSSR count). The van der Waals surface area contributed by atoms with Crippen LogP contribution < -0.4 is 14.9 Å². The van der Waals surface area contributed by atoms with Crippen LogP contribution in [0.4, 0.5) is 5.69 Å². The number of nitro groups is 1. The number of amides is 1. The lowest BCUT2D eigenvalue weighted by Crippen LogP contribution is -2.17. The fourth-order valence-corrected chi connectivity index (χ4v) is 1.98. The Morgan fingerprint density at radius 2 is 2.04 bits per heavy atom. The van der Waals surface area contributed by atoms with Crippen LogP contribution in [0.25, 0.3) is 0 Å². The molecular formula is C15H11N3O5. The van der Waals surface area contributed by atoms with Gasteiger partial charge in [0.05, 0.1) is 11.1 Å². The molecule has 1 aliphatic heterocycles. The van der Waals surface area contributed by atoms with Crippen LogP contribution >= 0.6 is 0 Å². The van der Waals surface area contributed by atoms with Gasteiger partial charge in [-0.2, -0.15) is 5.10 Å². The summed E-state index contributed by atoms with van der Waals surface area (Å²) < 4.78 is 10.4. The van der Waals surface area contributed by atoms with E-state index in [4.69, 9.17) is 9.47 Å². The van der Waals surface area contributed by atoms with E-state index in [2.05, 4.69) is 10.5 Å². The van der Waals surface area contributed by atoms with Gasteiger partial charge in [0.25, 0.3) is 11.6 Å². The number of hydrogen-bond donors (Lipinski definition) is 1. The van der Waals surface area contributed by atoms with Crippen LogP contribution in [0.5, 0.6) is 11.5 Å². The minimum Gasteiger partial charge on any atom is -0.454 e. The molecule has 0 aliphatic carbocycles. The molecule has 1 heterocycles. The van der Waals surface area contributed by atoms with Gasteiger partial charge in [0.2, 0.25) is 6.79 Å². The van der Waals surface area contributed by atoms with Crippen molar-refractivity contribution >= 4 is 17.8 Å². The standard InChI is InChI=1S/C15H11N3O5/c19-15(11-2-1-3-12(7-11)18(20)21)17-16-8-10-4-5-13-14(6-10)23-9-22-13/h1-8H,9H2,(H,17,19). The highest BCUT2D eigenvalue weighted by Crippen LogP contribution is 2.31. The van der Waals surface area contributed by atoms with Gasteiger partial charge < -0.3 is 9.47 Å². The molecule has 1 N–H and O–H groups in total. The van der Waals surface area contributed by atoms with Crippen molar-refractivity contribution < 1.29 is 19.2 Å².